The minimum absolute atomic E-state index is 0.0345. The van der Waals surface area contributed by atoms with Crippen LogP contribution >= 0.6 is 0 Å². The predicted molar refractivity (Wildman–Crippen MR) is 146 cm³/mol. The number of benzene rings is 1. The average Bonchev–Trinajstić information content (AvgIpc) is 3.70. The Kier molecular flexibility index (Phi) is 9.13. The number of ether oxygens (including phenoxy) is 1. The number of aromatic nitrogens is 3. The number of esters is 1. The van der Waals surface area contributed by atoms with E-state index < -0.39 is 5.82 Å². The molecule has 204 valence electrons. The highest BCUT2D eigenvalue weighted by Gasteiger charge is 2.31. The first-order chi connectivity index (χ1) is 18.4. The van der Waals surface area contributed by atoms with Crippen molar-refractivity contribution in [2.75, 3.05) is 13.7 Å². The molecule has 3 heterocycles. The van der Waals surface area contributed by atoms with Crippen molar-refractivity contribution < 1.29 is 18.7 Å². The number of carbonyl (C=O) groups is 2. The van der Waals surface area contributed by atoms with Gasteiger partial charge in [-0.2, -0.15) is 5.10 Å². The molecule has 0 radical (unpaired) electrons. The van der Waals surface area contributed by atoms with Crippen molar-refractivity contribution in [3.05, 3.63) is 53.1 Å². The molecule has 1 saturated heterocycles. The Morgan fingerprint density at radius 3 is 2.53 bits per heavy atom. The molecule has 8 heteroatoms. The maximum atomic E-state index is 15.0. The lowest BCUT2D eigenvalue weighted by Gasteiger charge is -2.27. The Morgan fingerprint density at radius 2 is 1.84 bits per heavy atom. The van der Waals surface area contributed by atoms with Crippen LogP contribution in [0.2, 0.25) is 0 Å². The van der Waals surface area contributed by atoms with Gasteiger partial charge < -0.3 is 9.64 Å². The summed E-state index contributed by atoms with van der Waals surface area (Å²) in [6.45, 7) is 7.11. The van der Waals surface area contributed by atoms with Gasteiger partial charge in [0.05, 0.1) is 12.8 Å². The van der Waals surface area contributed by atoms with Crippen LogP contribution in [0.1, 0.15) is 99.8 Å². The van der Waals surface area contributed by atoms with E-state index in [1.54, 1.807) is 22.7 Å². The van der Waals surface area contributed by atoms with Gasteiger partial charge in [-0.1, -0.05) is 39.2 Å². The molecule has 38 heavy (non-hydrogen) atoms. The number of hydrogen-bond acceptors (Lipinski definition) is 5. The highest BCUT2D eigenvalue weighted by Crippen LogP contribution is 2.40. The van der Waals surface area contributed by atoms with E-state index in [1.807, 2.05) is 11.0 Å². The molecule has 2 fully saturated rings. The third-order valence-electron chi connectivity index (χ3n) is 7.14. The maximum Gasteiger partial charge on any atom is 0.305 e. The summed E-state index contributed by atoms with van der Waals surface area (Å²) in [4.78, 5) is 31.5. The topological polar surface area (TPSA) is 76.8 Å². The van der Waals surface area contributed by atoms with Crippen LogP contribution in [0.5, 0.6) is 0 Å². The van der Waals surface area contributed by atoms with Crippen LogP contribution in [0, 0.1) is 5.82 Å². The quantitative estimate of drug-likeness (QED) is 0.353. The summed E-state index contributed by atoms with van der Waals surface area (Å²) >= 11 is 0. The smallest absolute Gasteiger partial charge is 0.305 e. The molecule has 1 aliphatic carbocycles. The second-order valence-corrected chi connectivity index (χ2v) is 10.4. The van der Waals surface area contributed by atoms with Gasteiger partial charge in [-0.25, -0.2) is 13.9 Å². The predicted octanol–water partition coefficient (Wildman–Crippen LogP) is 6.34. The molecule has 3 aromatic rings. The van der Waals surface area contributed by atoms with Gasteiger partial charge in [-0.3, -0.25) is 9.59 Å². The molecular formula is C30H39FN4O3. The van der Waals surface area contributed by atoms with E-state index in [1.165, 1.54) is 19.6 Å². The highest BCUT2D eigenvalue weighted by molar-refractivity contribution is 5.93. The Bertz CT molecular complexity index is 1280. The van der Waals surface area contributed by atoms with Gasteiger partial charge in [0.15, 0.2) is 5.65 Å². The number of methoxy groups -OCH3 is 1. The molecular weight excluding hydrogens is 483 g/mol. The van der Waals surface area contributed by atoms with Crippen LogP contribution in [-0.2, 0) is 16.0 Å². The highest BCUT2D eigenvalue weighted by atomic mass is 19.1. The molecule has 1 atom stereocenters. The van der Waals surface area contributed by atoms with Crippen LogP contribution < -0.4 is 0 Å². The standard InChI is InChI=1S/C27H31FN4O3.C3H8/c1-17-6-4-3-5-13-31(17)27(34)23-15-24(19-9-10-19)32-25(29-23)16-22(30-32)20-11-7-18(14-21(20)28)8-12-26(33)35-2;1-3-2/h7,11,14-17,19H,3-6,8-10,12-13H2,1-2H3;3H2,1-2H3/t17-;/m1./s1. The molecule has 7 nitrogen and oxygen atoms in total. The molecule has 0 N–H and O–H groups in total. The molecule has 1 amide bonds. The number of rotatable bonds is 6. The van der Waals surface area contributed by atoms with Gasteiger partial charge in [0, 0.05) is 42.2 Å². The van der Waals surface area contributed by atoms with E-state index in [0.717, 1.165) is 56.3 Å². The van der Waals surface area contributed by atoms with Crippen molar-refractivity contribution in [2.45, 2.75) is 90.5 Å². The molecule has 0 spiro atoms. The zero-order chi connectivity index (χ0) is 27.2. The fourth-order valence-electron chi connectivity index (χ4n) is 4.90. The second kappa shape index (κ2) is 12.5. The van der Waals surface area contributed by atoms with E-state index in [4.69, 9.17) is 0 Å². The monoisotopic (exact) mass is 522 g/mol. The van der Waals surface area contributed by atoms with E-state index >= 15 is 4.39 Å². The Morgan fingerprint density at radius 1 is 1.08 bits per heavy atom. The number of amides is 1. The van der Waals surface area contributed by atoms with Crippen LogP contribution in [0.4, 0.5) is 4.39 Å². The SMILES string of the molecule is CCC.COC(=O)CCc1ccc(-c2cc3nc(C(=O)N4CCCCC[C@H]4C)cc(C4CC4)n3n2)c(F)c1. The minimum atomic E-state index is -0.404. The van der Waals surface area contributed by atoms with Crippen LogP contribution in [-0.4, -0.2) is 51.1 Å². The lowest BCUT2D eigenvalue weighted by molar-refractivity contribution is -0.140. The van der Waals surface area contributed by atoms with E-state index in [0.29, 0.717) is 34.9 Å². The first kappa shape index (κ1) is 27.7. The Labute approximate surface area is 224 Å². The van der Waals surface area contributed by atoms with Crippen molar-refractivity contribution >= 4 is 17.5 Å². The van der Waals surface area contributed by atoms with Crippen LogP contribution in [0.3, 0.4) is 0 Å². The molecule has 0 bridgehead atoms. The first-order valence-corrected chi connectivity index (χ1v) is 13.9. The number of aryl methyl sites for hydroxylation is 1. The summed E-state index contributed by atoms with van der Waals surface area (Å²) < 4.78 is 21.5. The molecule has 0 unspecified atom stereocenters. The molecule has 1 aromatic carbocycles. The van der Waals surface area contributed by atoms with Crippen molar-refractivity contribution in [1.29, 1.82) is 0 Å². The molecule has 1 saturated carbocycles. The summed E-state index contributed by atoms with van der Waals surface area (Å²) in [6, 6.07) is 8.75. The zero-order valence-corrected chi connectivity index (χ0v) is 23.0. The van der Waals surface area contributed by atoms with E-state index in [-0.39, 0.29) is 24.3 Å². The number of likely N-dealkylation sites (tertiary alicyclic amines) is 1. The van der Waals surface area contributed by atoms with Gasteiger partial charge in [-0.05, 0) is 62.8 Å². The largest absolute Gasteiger partial charge is 0.469 e. The average molecular weight is 523 g/mol. The van der Waals surface area contributed by atoms with E-state index in [9.17, 15) is 9.59 Å². The van der Waals surface area contributed by atoms with Crippen LogP contribution in [0.15, 0.2) is 30.3 Å². The van der Waals surface area contributed by atoms with Gasteiger partial charge in [0.2, 0.25) is 0 Å². The minimum Gasteiger partial charge on any atom is -0.469 e. The molecule has 2 aromatic heterocycles. The fraction of sp³-hybridized carbons (Fsp3) is 0.533. The third kappa shape index (κ3) is 6.40. The lowest BCUT2D eigenvalue weighted by atomic mass is 10.0. The maximum absolute atomic E-state index is 15.0. The molecule has 1 aliphatic heterocycles. The first-order valence-electron chi connectivity index (χ1n) is 13.9. The zero-order valence-electron chi connectivity index (χ0n) is 23.0. The van der Waals surface area contributed by atoms with Gasteiger partial charge in [0.25, 0.3) is 5.91 Å². The third-order valence-corrected chi connectivity index (χ3v) is 7.14. The second-order valence-electron chi connectivity index (χ2n) is 10.4. The van der Waals surface area contributed by atoms with Crippen molar-refractivity contribution in [3.8, 4) is 11.3 Å². The van der Waals surface area contributed by atoms with Gasteiger partial charge in [0.1, 0.15) is 11.5 Å². The summed E-state index contributed by atoms with van der Waals surface area (Å²) in [5.41, 5.74) is 3.53. The summed E-state index contributed by atoms with van der Waals surface area (Å²) in [5.74, 6) is -0.425. The summed E-state index contributed by atoms with van der Waals surface area (Å²) in [7, 11) is 1.34. The van der Waals surface area contributed by atoms with Crippen molar-refractivity contribution in [2.24, 2.45) is 0 Å². The summed E-state index contributed by atoms with van der Waals surface area (Å²) in [5, 5.41) is 4.68. The van der Waals surface area contributed by atoms with Gasteiger partial charge >= 0.3 is 5.97 Å². The van der Waals surface area contributed by atoms with Crippen molar-refractivity contribution in [1.82, 2.24) is 19.5 Å². The molecule has 2 aliphatic rings. The number of hydrogen-bond donors (Lipinski definition) is 0. The van der Waals surface area contributed by atoms with Crippen molar-refractivity contribution in [3.63, 3.8) is 0 Å². The Balaban J connectivity index is 0.00000107. The number of carbonyl (C=O) groups excluding carboxylic acids is 2. The molecule has 5 rings (SSSR count). The normalized spacial score (nSPS) is 17.5. The van der Waals surface area contributed by atoms with Gasteiger partial charge in [-0.15, -0.1) is 0 Å². The fourth-order valence-corrected chi connectivity index (χ4v) is 4.90. The van der Waals surface area contributed by atoms with E-state index in [2.05, 4.69) is 35.6 Å². The lowest BCUT2D eigenvalue weighted by Crippen LogP contribution is -2.38. The summed E-state index contributed by atoms with van der Waals surface area (Å²) in [6.07, 6.45) is 8.26. The number of halogens is 1. The number of fused-ring (bicyclic) bond motifs is 1. The van der Waals surface area contributed by atoms with Crippen LogP contribution in [0.25, 0.3) is 16.9 Å². The Hall–Kier alpha value is -3.29. The number of nitrogens with zero attached hydrogens (tertiary/aromatic N) is 4.